The number of hydrogen-bond acceptors (Lipinski definition) is 4. The van der Waals surface area contributed by atoms with Gasteiger partial charge in [-0.1, -0.05) is 23.7 Å². The Labute approximate surface area is 162 Å². The molecule has 1 atom stereocenters. The zero-order chi connectivity index (χ0) is 19.9. The molecule has 0 radical (unpaired) electrons. The maximum atomic E-state index is 13.5. The van der Waals surface area contributed by atoms with E-state index in [2.05, 4.69) is 20.6 Å². The Bertz CT molecular complexity index is 1020. The fourth-order valence-corrected chi connectivity index (χ4v) is 3.17. The lowest BCUT2D eigenvalue weighted by molar-refractivity contribution is -0.146. The first-order valence-electron chi connectivity index (χ1n) is 8.63. The number of fused-ring (bicyclic) bond motifs is 1. The third-order valence-electron chi connectivity index (χ3n) is 4.52. The third kappa shape index (κ3) is 3.96. The number of nitrogens with one attached hydrogen (secondary N) is 2. The molecule has 1 fully saturated rings. The highest BCUT2D eigenvalue weighted by Gasteiger charge is 2.49. The number of benzene rings is 2. The zero-order valence-electron chi connectivity index (χ0n) is 14.4. The molecule has 1 aliphatic rings. The number of para-hydroxylation sites is 1. The average molecular weight is 411 g/mol. The van der Waals surface area contributed by atoms with Crippen molar-refractivity contribution in [2.45, 2.75) is 25.1 Å². The van der Waals surface area contributed by atoms with Gasteiger partial charge >= 0.3 is 6.18 Å². The van der Waals surface area contributed by atoms with E-state index < -0.39 is 24.0 Å². The van der Waals surface area contributed by atoms with Crippen LogP contribution in [0.25, 0.3) is 10.9 Å². The zero-order valence-corrected chi connectivity index (χ0v) is 15.2. The molecule has 0 aliphatic heterocycles. The molecule has 28 heavy (non-hydrogen) atoms. The molecule has 1 aromatic heterocycles. The second-order valence-electron chi connectivity index (χ2n) is 6.67. The van der Waals surface area contributed by atoms with Crippen LogP contribution in [-0.2, 0) is 0 Å². The molecule has 1 saturated carbocycles. The van der Waals surface area contributed by atoms with Gasteiger partial charge in [0.25, 0.3) is 0 Å². The van der Waals surface area contributed by atoms with Crippen molar-refractivity contribution in [3.63, 3.8) is 0 Å². The second kappa shape index (κ2) is 7.09. The number of anilines is 3. The van der Waals surface area contributed by atoms with Crippen molar-refractivity contribution in [3.8, 4) is 0 Å². The van der Waals surface area contributed by atoms with Crippen molar-refractivity contribution in [1.29, 1.82) is 0 Å². The highest BCUT2D eigenvalue weighted by Crippen LogP contribution is 2.42. The average Bonchev–Trinajstić information content (AvgIpc) is 3.46. The Balaban J connectivity index is 1.71. The first-order chi connectivity index (χ1) is 13.3. The molecule has 0 saturated heterocycles. The van der Waals surface area contributed by atoms with Gasteiger partial charge in [-0.2, -0.15) is 18.2 Å². The Kier molecular flexibility index (Phi) is 4.74. The van der Waals surface area contributed by atoms with Crippen LogP contribution < -0.4 is 10.6 Å². The summed E-state index contributed by atoms with van der Waals surface area (Å²) < 4.78 is 53.7. The largest absolute Gasteiger partial charge is 0.408 e. The minimum Gasteiger partial charge on any atom is -0.358 e. The molecule has 0 spiro atoms. The van der Waals surface area contributed by atoms with E-state index in [1.807, 2.05) is 0 Å². The van der Waals surface area contributed by atoms with Crippen LogP contribution in [0, 0.1) is 11.7 Å². The predicted molar refractivity (Wildman–Crippen MR) is 100 cm³/mol. The van der Waals surface area contributed by atoms with E-state index in [-0.39, 0.29) is 16.8 Å². The summed E-state index contributed by atoms with van der Waals surface area (Å²) >= 11 is 5.77. The summed E-state index contributed by atoms with van der Waals surface area (Å²) in [6, 6.07) is 9.10. The summed E-state index contributed by atoms with van der Waals surface area (Å²) in [5, 5.41) is 5.83. The van der Waals surface area contributed by atoms with Crippen LogP contribution in [0.15, 0.2) is 42.5 Å². The minimum absolute atomic E-state index is 0.0839. The van der Waals surface area contributed by atoms with Gasteiger partial charge in [-0.25, -0.2) is 9.37 Å². The summed E-state index contributed by atoms with van der Waals surface area (Å²) in [7, 11) is 0. The van der Waals surface area contributed by atoms with Crippen molar-refractivity contribution >= 4 is 40.0 Å². The first-order valence-corrected chi connectivity index (χ1v) is 9.01. The molecule has 4 nitrogen and oxygen atoms in total. The molecule has 9 heteroatoms. The van der Waals surface area contributed by atoms with Crippen LogP contribution in [0.3, 0.4) is 0 Å². The Morgan fingerprint density at radius 1 is 1.07 bits per heavy atom. The molecule has 0 unspecified atom stereocenters. The van der Waals surface area contributed by atoms with Crippen molar-refractivity contribution in [2.24, 2.45) is 5.92 Å². The molecule has 3 aromatic rings. The van der Waals surface area contributed by atoms with Gasteiger partial charge in [0.15, 0.2) is 0 Å². The highest BCUT2D eigenvalue weighted by molar-refractivity contribution is 6.31. The summed E-state index contributed by atoms with van der Waals surface area (Å²) in [5.41, 5.74) is 0.898. The van der Waals surface area contributed by atoms with Gasteiger partial charge in [-0.3, -0.25) is 0 Å². The predicted octanol–water partition coefficient (Wildman–Crippen LogP) is 5.92. The van der Waals surface area contributed by atoms with Crippen LogP contribution in [0.4, 0.5) is 35.0 Å². The highest BCUT2D eigenvalue weighted by atomic mass is 35.5. The number of alkyl halides is 3. The van der Waals surface area contributed by atoms with Crippen LogP contribution in [0.1, 0.15) is 12.8 Å². The molecule has 0 amide bonds. The van der Waals surface area contributed by atoms with Crippen molar-refractivity contribution in [2.75, 3.05) is 10.6 Å². The number of halogens is 5. The van der Waals surface area contributed by atoms with E-state index in [4.69, 9.17) is 11.6 Å². The summed E-state index contributed by atoms with van der Waals surface area (Å²) in [6.07, 6.45) is -3.33. The molecular formula is C19H15ClF4N4. The maximum absolute atomic E-state index is 13.5. The minimum atomic E-state index is -4.38. The molecular weight excluding hydrogens is 396 g/mol. The van der Waals surface area contributed by atoms with Crippen molar-refractivity contribution < 1.29 is 17.6 Å². The molecule has 0 bridgehead atoms. The normalized spacial score (nSPS) is 15.5. The lowest BCUT2D eigenvalue weighted by Gasteiger charge is -2.23. The van der Waals surface area contributed by atoms with Gasteiger partial charge in [0.2, 0.25) is 5.95 Å². The Morgan fingerprint density at radius 3 is 2.50 bits per heavy atom. The number of aromatic nitrogens is 2. The van der Waals surface area contributed by atoms with Gasteiger partial charge < -0.3 is 10.6 Å². The topological polar surface area (TPSA) is 49.8 Å². The SMILES string of the molecule is Fc1ccc(Nc2nc(N[C@@H](C3CC3)C(F)(F)F)c3ccccc3n2)cc1Cl. The van der Waals surface area contributed by atoms with Crippen LogP contribution >= 0.6 is 11.6 Å². The second-order valence-corrected chi connectivity index (χ2v) is 7.08. The van der Waals surface area contributed by atoms with Crippen LogP contribution in [0.2, 0.25) is 5.02 Å². The lowest BCUT2D eigenvalue weighted by Crippen LogP contribution is -2.38. The van der Waals surface area contributed by atoms with Gasteiger partial charge in [-0.05, 0) is 49.1 Å². The number of hydrogen-bond donors (Lipinski definition) is 2. The fourth-order valence-electron chi connectivity index (χ4n) is 2.99. The van der Waals surface area contributed by atoms with Gasteiger partial charge in [-0.15, -0.1) is 0 Å². The molecule has 4 rings (SSSR count). The Morgan fingerprint density at radius 2 is 1.82 bits per heavy atom. The summed E-state index contributed by atoms with van der Waals surface area (Å²) in [6.45, 7) is 0. The maximum Gasteiger partial charge on any atom is 0.408 e. The van der Waals surface area contributed by atoms with Crippen molar-refractivity contribution in [3.05, 3.63) is 53.3 Å². The van der Waals surface area contributed by atoms with Crippen LogP contribution in [0.5, 0.6) is 0 Å². The molecule has 1 aliphatic carbocycles. The van der Waals surface area contributed by atoms with Crippen molar-refractivity contribution in [1.82, 2.24) is 9.97 Å². The standard InChI is InChI=1S/C19H15ClF4N4/c20-13-9-11(7-8-14(13)21)25-18-26-15-4-2-1-3-12(15)17(28-18)27-16(10-5-6-10)19(22,23)24/h1-4,7-10,16H,5-6H2,(H2,25,26,27,28)/t16-/m0/s1. The van der Waals surface area contributed by atoms with Gasteiger partial charge in [0.05, 0.1) is 10.5 Å². The number of nitrogens with zero attached hydrogens (tertiary/aromatic N) is 2. The lowest BCUT2D eigenvalue weighted by atomic mass is 10.1. The van der Waals surface area contributed by atoms with E-state index in [9.17, 15) is 17.6 Å². The van der Waals surface area contributed by atoms with E-state index in [0.29, 0.717) is 29.4 Å². The first kappa shape index (κ1) is 18.7. The van der Waals surface area contributed by atoms with Gasteiger partial charge in [0, 0.05) is 11.1 Å². The van der Waals surface area contributed by atoms with Crippen LogP contribution in [-0.4, -0.2) is 22.2 Å². The fraction of sp³-hybridized carbons (Fsp3) is 0.263. The molecule has 1 heterocycles. The molecule has 2 N–H and O–H groups in total. The number of rotatable bonds is 5. The van der Waals surface area contributed by atoms with E-state index >= 15 is 0 Å². The van der Waals surface area contributed by atoms with E-state index in [1.165, 1.54) is 18.2 Å². The smallest absolute Gasteiger partial charge is 0.358 e. The Hall–Kier alpha value is -2.61. The quantitative estimate of drug-likeness (QED) is 0.513. The van der Waals surface area contributed by atoms with E-state index in [1.54, 1.807) is 24.3 Å². The summed E-state index contributed by atoms with van der Waals surface area (Å²) in [4.78, 5) is 8.57. The summed E-state index contributed by atoms with van der Waals surface area (Å²) in [5.74, 6) is -0.858. The monoisotopic (exact) mass is 410 g/mol. The molecule has 2 aromatic carbocycles. The molecule has 146 valence electrons. The van der Waals surface area contributed by atoms with Gasteiger partial charge in [0.1, 0.15) is 17.7 Å². The van der Waals surface area contributed by atoms with E-state index in [0.717, 1.165) is 0 Å². The third-order valence-corrected chi connectivity index (χ3v) is 4.81.